The molecule has 0 heterocycles. The molecule has 0 aliphatic carbocycles. The van der Waals surface area contributed by atoms with Gasteiger partial charge in [-0.3, -0.25) is 4.79 Å². The van der Waals surface area contributed by atoms with Crippen LogP contribution in [0.3, 0.4) is 0 Å². The first kappa shape index (κ1) is 15.9. The monoisotopic (exact) mass is 297 g/mol. The molecule has 1 amide bonds. The quantitative estimate of drug-likeness (QED) is 0.792. The number of aliphatic carboxylic acids is 1. The van der Waals surface area contributed by atoms with Crippen LogP contribution in [0.1, 0.15) is 11.1 Å². The molecular weight excluding hydrogens is 282 g/mol. The van der Waals surface area contributed by atoms with Crippen LogP contribution in [0.4, 0.5) is 5.69 Å². The fourth-order valence-corrected chi connectivity index (χ4v) is 2.09. The van der Waals surface area contributed by atoms with Crippen LogP contribution in [0.15, 0.2) is 24.3 Å². The summed E-state index contributed by atoms with van der Waals surface area (Å²) in [5, 5.41) is 11.0. The minimum atomic E-state index is -3.37. The molecule has 0 spiro atoms. The van der Waals surface area contributed by atoms with Crippen molar-refractivity contribution in [3.8, 4) is 0 Å². The Bertz CT molecular complexity index is 661. The van der Waals surface area contributed by atoms with E-state index in [4.69, 9.17) is 5.11 Å². The molecule has 0 fully saturated rings. The third-order valence-corrected chi connectivity index (χ3v) is 3.14. The van der Waals surface area contributed by atoms with Gasteiger partial charge in [-0.1, -0.05) is 6.07 Å². The number of benzene rings is 1. The van der Waals surface area contributed by atoms with Crippen molar-refractivity contribution in [2.75, 3.05) is 17.3 Å². The van der Waals surface area contributed by atoms with Crippen molar-refractivity contribution in [1.82, 2.24) is 0 Å². The van der Waals surface area contributed by atoms with E-state index < -0.39 is 27.5 Å². The molecule has 0 saturated carbocycles. The van der Waals surface area contributed by atoms with Crippen molar-refractivity contribution in [3.05, 3.63) is 35.4 Å². The number of carbonyl (C=O) groups is 2. The summed E-state index contributed by atoms with van der Waals surface area (Å²) in [6.07, 6.45) is 3.45. The van der Waals surface area contributed by atoms with Crippen LogP contribution in [0.25, 0.3) is 6.08 Å². The maximum atomic E-state index is 11.5. The third kappa shape index (κ3) is 5.66. The standard InChI is InChI=1S/C13H15NO5S/c1-9-7-11(14-12(15)8-20(2,18)19)5-3-10(9)4-6-13(16)17/h3-7H,8H2,1-2H3,(H,14,15)(H,16,17). The minimum Gasteiger partial charge on any atom is -0.478 e. The number of nitrogens with one attached hydrogen (secondary N) is 1. The number of rotatable bonds is 5. The fourth-order valence-electron chi connectivity index (χ4n) is 1.54. The van der Waals surface area contributed by atoms with Crippen molar-refractivity contribution in [3.63, 3.8) is 0 Å². The van der Waals surface area contributed by atoms with Crippen LogP contribution in [0.5, 0.6) is 0 Å². The zero-order valence-corrected chi connectivity index (χ0v) is 11.9. The molecular formula is C13H15NO5S. The van der Waals surface area contributed by atoms with Crippen LogP contribution >= 0.6 is 0 Å². The van der Waals surface area contributed by atoms with Gasteiger partial charge >= 0.3 is 5.97 Å². The maximum Gasteiger partial charge on any atom is 0.328 e. The second kappa shape index (κ2) is 6.33. The molecule has 108 valence electrons. The third-order valence-electron chi connectivity index (χ3n) is 2.35. The van der Waals surface area contributed by atoms with Crippen LogP contribution < -0.4 is 5.32 Å². The van der Waals surface area contributed by atoms with Gasteiger partial charge in [-0.15, -0.1) is 0 Å². The molecule has 0 aliphatic rings. The molecule has 1 rings (SSSR count). The molecule has 0 atom stereocenters. The van der Waals surface area contributed by atoms with Crippen molar-refractivity contribution < 1.29 is 23.1 Å². The lowest BCUT2D eigenvalue weighted by Crippen LogP contribution is -2.21. The Balaban J connectivity index is 2.83. The molecule has 7 heteroatoms. The Morgan fingerprint density at radius 2 is 2.00 bits per heavy atom. The number of sulfone groups is 1. The van der Waals surface area contributed by atoms with Gasteiger partial charge in [0.05, 0.1) is 0 Å². The second-order valence-corrected chi connectivity index (χ2v) is 6.50. The van der Waals surface area contributed by atoms with Crippen molar-refractivity contribution in [2.24, 2.45) is 0 Å². The van der Waals surface area contributed by atoms with Gasteiger partial charge in [0.2, 0.25) is 5.91 Å². The summed E-state index contributed by atoms with van der Waals surface area (Å²) in [7, 11) is -3.37. The number of aryl methyl sites for hydroxylation is 1. The zero-order valence-electron chi connectivity index (χ0n) is 11.1. The first-order chi connectivity index (χ1) is 9.17. The Hall–Kier alpha value is -2.15. The molecule has 1 aromatic rings. The average molecular weight is 297 g/mol. The van der Waals surface area contributed by atoms with E-state index in [1.54, 1.807) is 25.1 Å². The maximum absolute atomic E-state index is 11.5. The summed E-state index contributed by atoms with van der Waals surface area (Å²) < 4.78 is 22.0. The lowest BCUT2D eigenvalue weighted by Gasteiger charge is -2.07. The van der Waals surface area contributed by atoms with Crippen LogP contribution in [0, 0.1) is 6.92 Å². The van der Waals surface area contributed by atoms with Gasteiger partial charge in [-0.2, -0.15) is 0 Å². The molecule has 0 aliphatic heterocycles. The van der Waals surface area contributed by atoms with Gasteiger partial charge in [-0.05, 0) is 36.3 Å². The molecule has 0 saturated heterocycles. The molecule has 0 aromatic heterocycles. The number of carboxylic acids is 1. The van der Waals surface area contributed by atoms with E-state index in [-0.39, 0.29) is 0 Å². The van der Waals surface area contributed by atoms with E-state index in [1.807, 2.05) is 0 Å². The summed E-state index contributed by atoms with van der Waals surface area (Å²) in [5.74, 6) is -2.23. The fraction of sp³-hybridized carbons (Fsp3) is 0.231. The van der Waals surface area contributed by atoms with Crippen LogP contribution in [-0.4, -0.2) is 37.4 Å². The second-order valence-electron chi connectivity index (χ2n) is 4.36. The highest BCUT2D eigenvalue weighted by molar-refractivity contribution is 7.91. The largest absolute Gasteiger partial charge is 0.478 e. The lowest BCUT2D eigenvalue weighted by atomic mass is 10.1. The first-order valence-electron chi connectivity index (χ1n) is 5.66. The molecule has 1 aromatic carbocycles. The Kier molecular flexibility index (Phi) is 5.04. The number of carbonyl (C=O) groups excluding carboxylic acids is 1. The number of hydrogen-bond donors (Lipinski definition) is 2. The highest BCUT2D eigenvalue weighted by Crippen LogP contribution is 2.16. The topological polar surface area (TPSA) is 101 Å². The van der Waals surface area contributed by atoms with Crippen molar-refractivity contribution >= 4 is 33.5 Å². The number of hydrogen-bond acceptors (Lipinski definition) is 4. The summed E-state index contributed by atoms with van der Waals surface area (Å²) in [6.45, 7) is 1.76. The Morgan fingerprint density at radius 1 is 1.35 bits per heavy atom. The Labute approximate surface area is 117 Å². The molecule has 20 heavy (non-hydrogen) atoms. The first-order valence-corrected chi connectivity index (χ1v) is 7.72. The molecule has 2 N–H and O–H groups in total. The highest BCUT2D eigenvalue weighted by Gasteiger charge is 2.11. The predicted molar refractivity (Wildman–Crippen MR) is 76.2 cm³/mol. The summed E-state index contributed by atoms with van der Waals surface area (Å²) in [6, 6.07) is 4.86. The highest BCUT2D eigenvalue weighted by atomic mass is 32.2. The molecule has 6 nitrogen and oxygen atoms in total. The lowest BCUT2D eigenvalue weighted by molar-refractivity contribution is -0.131. The van der Waals surface area contributed by atoms with Crippen molar-refractivity contribution in [2.45, 2.75) is 6.92 Å². The average Bonchev–Trinajstić information content (AvgIpc) is 2.24. The van der Waals surface area contributed by atoms with Gasteiger partial charge in [0, 0.05) is 18.0 Å². The van der Waals surface area contributed by atoms with Crippen LogP contribution in [-0.2, 0) is 19.4 Å². The van der Waals surface area contributed by atoms with Gasteiger partial charge in [0.1, 0.15) is 5.75 Å². The Morgan fingerprint density at radius 3 is 2.50 bits per heavy atom. The van der Waals surface area contributed by atoms with E-state index in [0.717, 1.165) is 17.9 Å². The van der Waals surface area contributed by atoms with E-state index in [0.29, 0.717) is 11.3 Å². The normalized spacial score (nSPS) is 11.5. The van der Waals surface area contributed by atoms with E-state index in [2.05, 4.69) is 5.32 Å². The SMILES string of the molecule is Cc1cc(NC(=O)CS(C)(=O)=O)ccc1C=CC(=O)O. The van der Waals surface area contributed by atoms with E-state index in [1.165, 1.54) is 6.08 Å². The number of anilines is 1. The van der Waals surface area contributed by atoms with Gasteiger partial charge < -0.3 is 10.4 Å². The summed E-state index contributed by atoms with van der Waals surface area (Å²) in [5.41, 5.74) is 1.93. The number of carboxylic acid groups (broad SMARTS) is 1. The predicted octanol–water partition coefficient (Wildman–Crippen LogP) is 1.08. The van der Waals surface area contributed by atoms with Gasteiger partial charge in [-0.25, -0.2) is 13.2 Å². The zero-order chi connectivity index (χ0) is 15.3. The molecule has 0 unspecified atom stereocenters. The number of amides is 1. The summed E-state index contributed by atoms with van der Waals surface area (Å²) >= 11 is 0. The summed E-state index contributed by atoms with van der Waals surface area (Å²) in [4.78, 5) is 21.9. The van der Waals surface area contributed by atoms with Gasteiger partial charge in [0.15, 0.2) is 9.84 Å². The van der Waals surface area contributed by atoms with Crippen molar-refractivity contribution in [1.29, 1.82) is 0 Å². The van der Waals surface area contributed by atoms with E-state index in [9.17, 15) is 18.0 Å². The minimum absolute atomic E-state index is 0.462. The smallest absolute Gasteiger partial charge is 0.328 e. The van der Waals surface area contributed by atoms with Crippen LogP contribution in [0.2, 0.25) is 0 Å². The molecule has 0 radical (unpaired) electrons. The van der Waals surface area contributed by atoms with Gasteiger partial charge in [0.25, 0.3) is 0 Å². The van der Waals surface area contributed by atoms with E-state index >= 15 is 0 Å². The molecule has 0 bridgehead atoms.